The Bertz CT molecular complexity index is 413. The number of aliphatic carboxylic acids is 1. The Morgan fingerprint density at radius 3 is 2.18 bits per heavy atom. The van der Waals surface area contributed by atoms with Crippen molar-refractivity contribution in [1.29, 1.82) is 0 Å². The van der Waals surface area contributed by atoms with Crippen molar-refractivity contribution in [2.24, 2.45) is 5.92 Å². The lowest BCUT2D eigenvalue weighted by Crippen LogP contribution is -2.30. The molecular weight excluding hydrogens is 224 g/mol. The molecule has 0 bridgehead atoms. The fourth-order valence-corrected chi connectivity index (χ4v) is 1.83. The van der Waals surface area contributed by atoms with Crippen molar-refractivity contribution in [2.45, 2.75) is 25.9 Å². The molecule has 0 aliphatic heterocycles. The van der Waals surface area contributed by atoms with E-state index in [0.29, 0.717) is 5.56 Å². The summed E-state index contributed by atoms with van der Waals surface area (Å²) in [7, 11) is 0. The standard InChI is InChI=1S/C12H16O5/c1-6(2)10(11(15)12(16)17)7-3-4-8(13)9(14)5-7/h3-6,10-11,13-15H,1-2H3,(H,16,17). The summed E-state index contributed by atoms with van der Waals surface area (Å²) in [5.41, 5.74) is 0.477. The van der Waals surface area contributed by atoms with E-state index >= 15 is 0 Å². The number of phenolic OH excluding ortho intramolecular Hbond substituents is 2. The molecule has 0 amide bonds. The molecule has 0 fully saturated rings. The Labute approximate surface area is 99.0 Å². The Morgan fingerprint density at radius 1 is 1.18 bits per heavy atom. The number of carboxylic acid groups (broad SMARTS) is 1. The van der Waals surface area contributed by atoms with Crippen LogP contribution in [0.25, 0.3) is 0 Å². The van der Waals surface area contributed by atoms with Gasteiger partial charge in [0.15, 0.2) is 17.6 Å². The summed E-state index contributed by atoms with van der Waals surface area (Å²) in [5.74, 6) is -2.67. The van der Waals surface area contributed by atoms with Crippen molar-refractivity contribution < 1.29 is 25.2 Å². The molecule has 5 heteroatoms. The average Bonchev–Trinajstić information content (AvgIpc) is 2.22. The number of carboxylic acids is 1. The van der Waals surface area contributed by atoms with Crippen LogP contribution in [0.4, 0.5) is 0 Å². The van der Waals surface area contributed by atoms with Crippen LogP contribution in [0.2, 0.25) is 0 Å². The maximum absolute atomic E-state index is 10.8. The van der Waals surface area contributed by atoms with Gasteiger partial charge in [-0.25, -0.2) is 4.79 Å². The van der Waals surface area contributed by atoms with Crippen molar-refractivity contribution in [2.75, 3.05) is 0 Å². The summed E-state index contributed by atoms with van der Waals surface area (Å²) in [5, 5.41) is 37.0. The predicted octanol–water partition coefficient (Wildman–Crippen LogP) is 1.28. The molecule has 1 rings (SSSR count). The fourth-order valence-electron chi connectivity index (χ4n) is 1.83. The van der Waals surface area contributed by atoms with Crippen LogP contribution in [0.5, 0.6) is 11.5 Å². The van der Waals surface area contributed by atoms with Gasteiger partial charge in [0.05, 0.1) is 0 Å². The van der Waals surface area contributed by atoms with Crippen LogP contribution in [0, 0.1) is 5.92 Å². The Morgan fingerprint density at radius 2 is 1.76 bits per heavy atom. The van der Waals surface area contributed by atoms with Crippen LogP contribution < -0.4 is 0 Å². The van der Waals surface area contributed by atoms with Crippen molar-refractivity contribution >= 4 is 5.97 Å². The molecule has 0 saturated heterocycles. The molecule has 2 unspecified atom stereocenters. The van der Waals surface area contributed by atoms with Gasteiger partial charge in [-0.1, -0.05) is 19.9 Å². The molecule has 5 nitrogen and oxygen atoms in total. The highest BCUT2D eigenvalue weighted by Crippen LogP contribution is 2.33. The molecule has 0 spiro atoms. The minimum atomic E-state index is -1.54. The second kappa shape index (κ2) is 5.05. The van der Waals surface area contributed by atoms with Crippen LogP contribution in [0.15, 0.2) is 18.2 Å². The van der Waals surface area contributed by atoms with Crippen LogP contribution in [0.3, 0.4) is 0 Å². The number of carbonyl (C=O) groups is 1. The smallest absolute Gasteiger partial charge is 0.333 e. The van der Waals surface area contributed by atoms with Gasteiger partial charge in [-0.2, -0.15) is 0 Å². The minimum absolute atomic E-state index is 0.120. The molecule has 0 heterocycles. The Kier molecular flexibility index (Phi) is 3.96. The van der Waals surface area contributed by atoms with E-state index in [1.807, 2.05) is 0 Å². The second-order valence-corrected chi connectivity index (χ2v) is 4.30. The molecular formula is C12H16O5. The maximum Gasteiger partial charge on any atom is 0.333 e. The molecule has 2 atom stereocenters. The van der Waals surface area contributed by atoms with Gasteiger partial charge < -0.3 is 20.4 Å². The molecule has 94 valence electrons. The topological polar surface area (TPSA) is 98.0 Å². The average molecular weight is 240 g/mol. The van der Waals surface area contributed by atoms with Gasteiger partial charge in [-0.15, -0.1) is 0 Å². The van der Waals surface area contributed by atoms with E-state index in [0.717, 1.165) is 0 Å². The van der Waals surface area contributed by atoms with Crippen LogP contribution >= 0.6 is 0 Å². The van der Waals surface area contributed by atoms with Crippen molar-refractivity contribution in [3.63, 3.8) is 0 Å². The molecule has 1 aromatic rings. The first-order valence-electron chi connectivity index (χ1n) is 5.27. The summed E-state index contributed by atoms with van der Waals surface area (Å²) in [6.45, 7) is 3.56. The van der Waals surface area contributed by atoms with Gasteiger partial charge in [-0.3, -0.25) is 0 Å². The first-order valence-corrected chi connectivity index (χ1v) is 5.27. The molecule has 0 radical (unpaired) electrons. The predicted molar refractivity (Wildman–Crippen MR) is 61.0 cm³/mol. The molecule has 17 heavy (non-hydrogen) atoms. The largest absolute Gasteiger partial charge is 0.504 e. The highest BCUT2D eigenvalue weighted by molar-refractivity contribution is 5.73. The van der Waals surface area contributed by atoms with Crippen molar-refractivity contribution in [3.05, 3.63) is 23.8 Å². The summed E-state index contributed by atoms with van der Waals surface area (Å²) >= 11 is 0. The normalized spacial score (nSPS) is 14.6. The van der Waals surface area contributed by atoms with Crippen molar-refractivity contribution in [3.8, 4) is 11.5 Å². The zero-order valence-corrected chi connectivity index (χ0v) is 9.66. The summed E-state index contributed by atoms with van der Waals surface area (Å²) in [6.07, 6.45) is -1.54. The van der Waals surface area contributed by atoms with Crippen LogP contribution in [0.1, 0.15) is 25.3 Å². The van der Waals surface area contributed by atoms with Gasteiger partial charge in [0.25, 0.3) is 0 Å². The van der Waals surface area contributed by atoms with Crippen molar-refractivity contribution in [1.82, 2.24) is 0 Å². The van der Waals surface area contributed by atoms with E-state index in [9.17, 15) is 20.1 Å². The van der Waals surface area contributed by atoms with E-state index in [4.69, 9.17) is 5.11 Å². The number of aromatic hydroxyl groups is 2. The highest BCUT2D eigenvalue weighted by atomic mass is 16.4. The first kappa shape index (κ1) is 13.3. The first-order chi connectivity index (χ1) is 7.84. The third-order valence-electron chi connectivity index (χ3n) is 2.70. The highest BCUT2D eigenvalue weighted by Gasteiger charge is 2.30. The van der Waals surface area contributed by atoms with Crippen LogP contribution in [-0.4, -0.2) is 32.5 Å². The summed E-state index contributed by atoms with van der Waals surface area (Å²) < 4.78 is 0. The Hall–Kier alpha value is -1.75. The second-order valence-electron chi connectivity index (χ2n) is 4.30. The van der Waals surface area contributed by atoms with Crippen LogP contribution in [-0.2, 0) is 4.79 Å². The van der Waals surface area contributed by atoms with Gasteiger partial charge in [-0.05, 0) is 23.6 Å². The number of hydrogen-bond acceptors (Lipinski definition) is 4. The van der Waals surface area contributed by atoms with Gasteiger partial charge in [0, 0.05) is 5.92 Å². The van der Waals surface area contributed by atoms with E-state index in [-0.39, 0.29) is 17.4 Å². The minimum Gasteiger partial charge on any atom is -0.504 e. The van der Waals surface area contributed by atoms with E-state index < -0.39 is 18.0 Å². The number of phenols is 2. The zero-order chi connectivity index (χ0) is 13.2. The van der Waals surface area contributed by atoms with Gasteiger partial charge in [0.2, 0.25) is 0 Å². The molecule has 0 aliphatic carbocycles. The SMILES string of the molecule is CC(C)C(c1ccc(O)c(O)c1)C(O)C(=O)O. The molecule has 4 N–H and O–H groups in total. The van der Waals surface area contributed by atoms with E-state index in [1.165, 1.54) is 18.2 Å². The third kappa shape index (κ3) is 2.88. The molecule has 0 aliphatic rings. The summed E-state index contributed by atoms with van der Waals surface area (Å²) in [6, 6.07) is 4.03. The lowest BCUT2D eigenvalue weighted by Gasteiger charge is -2.24. The van der Waals surface area contributed by atoms with Gasteiger partial charge in [0.1, 0.15) is 0 Å². The number of rotatable bonds is 4. The number of aliphatic hydroxyl groups is 1. The number of aliphatic hydroxyl groups excluding tert-OH is 1. The number of benzene rings is 1. The van der Waals surface area contributed by atoms with Gasteiger partial charge >= 0.3 is 5.97 Å². The summed E-state index contributed by atoms with van der Waals surface area (Å²) in [4.78, 5) is 10.8. The fraction of sp³-hybridized carbons (Fsp3) is 0.417. The zero-order valence-electron chi connectivity index (χ0n) is 9.66. The monoisotopic (exact) mass is 240 g/mol. The molecule has 1 aromatic carbocycles. The lowest BCUT2D eigenvalue weighted by atomic mass is 9.84. The lowest BCUT2D eigenvalue weighted by molar-refractivity contribution is -0.148. The Balaban J connectivity index is 3.14. The van der Waals surface area contributed by atoms with E-state index in [2.05, 4.69) is 0 Å². The number of hydrogen-bond donors (Lipinski definition) is 4. The van der Waals surface area contributed by atoms with E-state index in [1.54, 1.807) is 13.8 Å². The molecule has 0 aromatic heterocycles. The molecule has 0 saturated carbocycles. The third-order valence-corrected chi connectivity index (χ3v) is 2.70. The maximum atomic E-state index is 10.8. The quantitative estimate of drug-likeness (QED) is 0.594.